The summed E-state index contributed by atoms with van der Waals surface area (Å²) in [5, 5.41) is 2.83. The van der Waals surface area contributed by atoms with Gasteiger partial charge in [0.25, 0.3) is 0 Å². The van der Waals surface area contributed by atoms with Gasteiger partial charge in [-0.15, -0.1) is 0 Å². The van der Waals surface area contributed by atoms with Crippen molar-refractivity contribution in [1.29, 1.82) is 0 Å². The van der Waals surface area contributed by atoms with Crippen molar-refractivity contribution in [3.8, 4) is 0 Å². The average Bonchev–Trinajstić information content (AvgIpc) is 2.82. The Bertz CT molecular complexity index is 1190. The van der Waals surface area contributed by atoms with E-state index in [1.165, 1.54) is 0 Å². The number of anilines is 2. The van der Waals surface area contributed by atoms with Gasteiger partial charge in [0.15, 0.2) is 0 Å². The molecule has 0 aliphatic carbocycles. The van der Waals surface area contributed by atoms with Gasteiger partial charge in [-0.2, -0.15) is 0 Å². The van der Waals surface area contributed by atoms with E-state index in [9.17, 15) is 4.79 Å². The summed E-state index contributed by atoms with van der Waals surface area (Å²) in [5.74, 6) is 0. The second-order valence-electron chi connectivity index (χ2n) is 7.89. The molecule has 0 aromatic heterocycles. The lowest BCUT2D eigenvalue weighted by atomic mass is 10.1. The minimum atomic E-state index is -0.0557. The lowest BCUT2D eigenvalue weighted by molar-refractivity contribution is 0.203. The van der Waals surface area contributed by atoms with E-state index >= 15 is 0 Å². The maximum atomic E-state index is 14.0. The van der Waals surface area contributed by atoms with Crippen LogP contribution in [-0.4, -0.2) is 17.5 Å². The second-order valence-corrected chi connectivity index (χ2v) is 8.33. The summed E-state index contributed by atoms with van der Waals surface area (Å²) in [4.78, 5) is 17.7. The quantitative estimate of drug-likeness (QED) is 0.284. The third-order valence-corrected chi connectivity index (χ3v) is 5.75. The number of benzene rings is 4. The van der Waals surface area contributed by atoms with Gasteiger partial charge in [-0.1, -0.05) is 91.7 Å². The molecule has 0 aliphatic rings. The zero-order valence-corrected chi connectivity index (χ0v) is 19.0. The molecule has 4 heteroatoms. The van der Waals surface area contributed by atoms with E-state index in [2.05, 4.69) is 43.3 Å². The Morgan fingerprint density at radius 3 is 2.25 bits per heavy atom. The van der Waals surface area contributed by atoms with Gasteiger partial charge in [0.05, 0.1) is 11.4 Å². The number of rotatable bonds is 7. The highest BCUT2D eigenvalue weighted by Crippen LogP contribution is 2.32. The molecule has 0 heterocycles. The number of nitrogens with zero attached hydrogens (tertiary/aromatic N) is 2. The summed E-state index contributed by atoms with van der Waals surface area (Å²) in [5.41, 5.74) is 2.69. The van der Waals surface area contributed by atoms with E-state index in [0.29, 0.717) is 18.1 Å². The number of amides is 2. The van der Waals surface area contributed by atoms with Gasteiger partial charge in [0.1, 0.15) is 0 Å². The zero-order valence-electron chi connectivity index (χ0n) is 18.2. The maximum Gasteiger partial charge on any atom is 0.329 e. The van der Waals surface area contributed by atoms with E-state index in [4.69, 9.17) is 11.6 Å². The first-order valence-corrected chi connectivity index (χ1v) is 11.4. The van der Waals surface area contributed by atoms with Gasteiger partial charge in [-0.25, -0.2) is 4.79 Å². The van der Waals surface area contributed by atoms with E-state index in [-0.39, 0.29) is 6.03 Å². The molecule has 0 saturated heterocycles. The number of halogens is 1. The van der Waals surface area contributed by atoms with Gasteiger partial charge in [0.2, 0.25) is 0 Å². The Morgan fingerprint density at radius 1 is 0.781 bits per heavy atom. The molecule has 0 radical (unpaired) electrons. The standard InChI is InChI=1S/C28H27ClN2O/c1-2-3-18-30(21-22-10-5-4-6-11-22)28(32)31(26-15-9-14-25(29)20-26)27-17-16-23-12-7-8-13-24(23)19-27/h4-17,19-20H,2-3,18,21H2,1H3. The molecule has 4 rings (SSSR count). The number of hydrogen-bond acceptors (Lipinski definition) is 1. The molecule has 0 fully saturated rings. The van der Waals surface area contributed by atoms with E-state index < -0.39 is 0 Å². The van der Waals surface area contributed by atoms with Gasteiger partial charge in [-0.05, 0) is 53.1 Å². The lowest BCUT2D eigenvalue weighted by Crippen LogP contribution is -2.41. The summed E-state index contributed by atoms with van der Waals surface area (Å²) in [6.07, 6.45) is 1.96. The van der Waals surface area contributed by atoms with Crippen LogP contribution < -0.4 is 4.90 Å². The Hall–Kier alpha value is -3.30. The molecule has 4 aromatic carbocycles. The van der Waals surface area contributed by atoms with Crippen molar-refractivity contribution in [3.63, 3.8) is 0 Å². The molecule has 2 amide bonds. The summed E-state index contributed by atoms with van der Waals surface area (Å²) in [7, 11) is 0. The first kappa shape index (κ1) is 21.9. The molecule has 0 unspecified atom stereocenters. The molecule has 0 N–H and O–H groups in total. The normalized spacial score (nSPS) is 10.8. The molecule has 3 nitrogen and oxygen atoms in total. The number of fused-ring (bicyclic) bond motifs is 1. The third-order valence-electron chi connectivity index (χ3n) is 5.52. The largest absolute Gasteiger partial charge is 0.329 e. The first-order chi connectivity index (χ1) is 15.7. The van der Waals surface area contributed by atoms with Crippen molar-refractivity contribution in [2.75, 3.05) is 11.4 Å². The number of carbonyl (C=O) groups is 1. The number of carbonyl (C=O) groups excluding carboxylic acids is 1. The summed E-state index contributed by atoms with van der Waals surface area (Å²) < 4.78 is 0. The lowest BCUT2D eigenvalue weighted by Gasteiger charge is -2.31. The van der Waals surface area contributed by atoms with Crippen LogP contribution in [0.5, 0.6) is 0 Å². The number of hydrogen-bond donors (Lipinski definition) is 0. The topological polar surface area (TPSA) is 23.6 Å². The van der Waals surface area contributed by atoms with Crippen LogP contribution in [0.3, 0.4) is 0 Å². The first-order valence-electron chi connectivity index (χ1n) is 11.0. The molecule has 0 aliphatic heterocycles. The van der Waals surface area contributed by atoms with Gasteiger partial charge in [-0.3, -0.25) is 4.90 Å². The van der Waals surface area contributed by atoms with Gasteiger partial charge < -0.3 is 4.90 Å². The summed E-state index contributed by atoms with van der Waals surface area (Å²) in [6.45, 7) is 3.39. The van der Waals surface area contributed by atoms with Crippen LogP contribution in [-0.2, 0) is 6.54 Å². The van der Waals surface area contributed by atoms with Crippen molar-refractivity contribution in [2.24, 2.45) is 0 Å². The highest BCUT2D eigenvalue weighted by atomic mass is 35.5. The zero-order chi connectivity index (χ0) is 22.3. The van der Waals surface area contributed by atoms with Crippen LogP contribution in [0, 0.1) is 0 Å². The molecule has 4 aromatic rings. The fourth-order valence-electron chi connectivity index (χ4n) is 3.84. The highest BCUT2D eigenvalue weighted by molar-refractivity contribution is 6.31. The third kappa shape index (κ3) is 5.12. The minimum absolute atomic E-state index is 0.0557. The van der Waals surface area contributed by atoms with E-state index in [0.717, 1.165) is 40.6 Å². The average molecular weight is 443 g/mol. The number of urea groups is 1. The van der Waals surface area contributed by atoms with Crippen LogP contribution in [0.4, 0.5) is 16.2 Å². The SMILES string of the molecule is CCCCN(Cc1ccccc1)C(=O)N(c1cccc(Cl)c1)c1ccc2ccccc2c1. The fraction of sp³-hybridized carbons (Fsp3) is 0.179. The van der Waals surface area contributed by atoms with Crippen LogP contribution in [0.2, 0.25) is 5.02 Å². The predicted molar refractivity (Wildman–Crippen MR) is 135 cm³/mol. The molecular weight excluding hydrogens is 416 g/mol. The second kappa shape index (κ2) is 10.3. The van der Waals surface area contributed by atoms with Crippen molar-refractivity contribution < 1.29 is 4.79 Å². The Kier molecular flexibility index (Phi) is 7.08. The monoisotopic (exact) mass is 442 g/mol. The molecule has 162 valence electrons. The number of unbranched alkanes of at least 4 members (excludes halogenated alkanes) is 1. The van der Waals surface area contributed by atoms with Crippen LogP contribution in [0.15, 0.2) is 97.1 Å². The molecular formula is C28H27ClN2O. The van der Waals surface area contributed by atoms with Gasteiger partial charge >= 0.3 is 6.03 Å². The molecule has 0 saturated carbocycles. The highest BCUT2D eigenvalue weighted by Gasteiger charge is 2.24. The Morgan fingerprint density at radius 2 is 1.50 bits per heavy atom. The van der Waals surface area contributed by atoms with E-state index in [1.54, 1.807) is 4.90 Å². The Balaban J connectivity index is 1.76. The molecule has 0 bridgehead atoms. The predicted octanol–water partition coefficient (Wildman–Crippen LogP) is 8.05. The summed E-state index contributed by atoms with van der Waals surface area (Å²) in [6, 6.07) is 31.9. The van der Waals surface area contributed by atoms with Crippen molar-refractivity contribution in [3.05, 3.63) is 108 Å². The molecule has 32 heavy (non-hydrogen) atoms. The van der Waals surface area contributed by atoms with Crippen LogP contribution >= 0.6 is 11.6 Å². The maximum absolute atomic E-state index is 14.0. The van der Waals surface area contributed by atoms with Crippen molar-refractivity contribution in [2.45, 2.75) is 26.3 Å². The summed E-state index contributed by atoms with van der Waals surface area (Å²) >= 11 is 6.32. The van der Waals surface area contributed by atoms with Gasteiger partial charge in [0, 0.05) is 18.1 Å². The van der Waals surface area contributed by atoms with Crippen molar-refractivity contribution in [1.82, 2.24) is 4.90 Å². The molecule has 0 atom stereocenters. The smallest absolute Gasteiger partial charge is 0.320 e. The fourth-order valence-corrected chi connectivity index (χ4v) is 4.02. The van der Waals surface area contributed by atoms with Crippen LogP contribution in [0.1, 0.15) is 25.3 Å². The molecule has 0 spiro atoms. The van der Waals surface area contributed by atoms with Crippen LogP contribution in [0.25, 0.3) is 10.8 Å². The Labute approximate surface area is 194 Å². The van der Waals surface area contributed by atoms with Crippen molar-refractivity contribution >= 4 is 39.8 Å². The van der Waals surface area contributed by atoms with E-state index in [1.807, 2.05) is 65.6 Å². The minimum Gasteiger partial charge on any atom is -0.320 e.